The highest BCUT2D eigenvalue weighted by Gasteiger charge is 2.73. The Labute approximate surface area is 134 Å². The Morgan fingerprint density at radius 3 is 2.77 bits per heavy atom. The van der Waals surface area contributed by atoms with Gasteiger partial charge in [0.25, 0.3) is 0 Å². The summed E-state index contributed by atoms with van der Waals surface area (Å²) in [5.74, 6) is 0.716. The molecule has 0 aromatic heterocycles. The second-order valence-corrected chi connectivity index (χ2v) is 7.08. The molecular weight excluding hydrogens is 302 g/mol. The molecule has 116 valence electrons. The summed E-state index contributed by atoms with van der Waals surface area (Å²) >= 11 is 5.95. The van der Waals surface area contributed by atoms with E-state index in [0.29, 0.717) is 10.9 Å². The fourth-order valence-corrected chi connectivity index (χ4v) is 4.60. The zero-order valence-electron chi connectivity index (χ0n) is 12.6. The molecule has 0 N–H and O–H groups in total. The van der Waals surface area contributed by atoms with Crippen molar-refractivity contribution in [2.24, 2.45) is 28.3 Å². The molecule has 2 fully saturated rings. The van der Waals surface area contributed by atoms with Gasteiger partial charge in [-0.3, -0.25) is 4.79 Å². The molecule has 0 amide bonds. The number of carbonyl (C=O) groups is 1. The Balaban J connectivity index is 1.59. The zero-order chi connectivity index (χ0) is 15.5. The normalized spacial score (nSPS) is 38.4. The second-order valence-electron chi connectivity index (χ2n) is 6.64. The average molecular weight is 320 g/mol. The van der Waals surface area contributed by atoms with Crippen LogP contribution in [0.2, 0.25) is 5.02 Å². The van der Waals surface area contributed by atoms with Crippen molar-refractivity contribution in [3.8, 4) is 0 Å². The molecule has 5 heteroatoms. The van der Waals surface area contributed by atoms with Crippen LogP contribution in [-0.4, -0.2) is 24.9 Å². The summed E-state index contributed by atoms with van der Waals surface area (Å²) in [5, 5.41) is 5.04. The van der Waals surface area contributed by atoms with E-state index in [0.717, 1.165) is 24.1 Å². The van der Waals surface area contributed by atoms with Crippen LogP contribution < -0.4 is 0 Å². The van der Waals surface area contributed by atoms with Gasteiger partial charge in [-0.05, 0) is 43.4 Å². The molecule has 2 aliphatic carbocycles. The first kappa shape index (κ1) is 14.1. The number of fused-ring (bicyclic) bond motifs is 3. The van der Waals surface area contributed by atoms with Gasteiger partial charge >= 0.3 is 5.97 Å². The van der Waals surface area contributed by atoms with Crippen molar-refractivity contribution in [1.29, 1.82) is 0 Å². The molecule has 1 aromatic rings. The largest absolute Gasteiger partial charge is 0.469 e. The summed E-state index contributed by atoms with van der Waals surface area (Å²) in [6.07, 6.45) is 2.02. The van der Waals surface area contributed by atoms with Gasteiger partial charge < -0.3 is 9.57 Å². The van der Waals surface area contributed by atoms with E-state index < -0.39 is 5.41 Å². The van der Waals surface area contributed by atoms with E-state index in [-0.39, 0.29) is 23.9 Å². The third-order valence-corrected chi connectivity index (χ3v) is 5.97. The summed E-state index contributed by atoms with van der Waals surface area (Å²) in [7, 11) is 1.46. The third-order valence-electron chi connectivity index (χ3n) is 5.72. The first-order chi connectivity index (χ1) is 10.6. The van der Waals surface area contributed by atoms with Gasteiger partial charge in [-0.25, -0.2) is 0 Å². The Kier molecular flexibility index (Phi) is 3.02. The van der Waals surface area contributed by atoms with E-state index in [2.05, 4.69) is 5.16 Å². The number of carbonyl (C=O) groups excluding carboxylic acids is 1. The molecule has 3 aliphatic rings. The highest BCUT2D eigenvalue weighted by molar-refractivity contribution is 6.30. The minimum Gasteiger partial charge on any atom is -0.469 e. The molecule has 22 heavy (non-hydrogen) atoms. The van der Waals surface area contributed by atoms with E-state index in [1.165, 1.54) is 7.11 Å². The fraction of sp³-hybridized carbons (Fsp3) is 0.529. The number of esters is 1. The van der Waals surface area contributed by atoms with Crippen LogP contribution in [-0.2, 0) is 14.4 Å². The Bertz CT molecular complexity index is 656. The predicted octanol–water partition coefficient (Wildman–Crippen LogP) is 3.28. The van der Waals surface area contributed by atoms with E-state index >= 15 is 0 Å². The molecule has 2 saturated carbocycles. The fourth-order valence-electron chi connectivity index (χ4n) is 4.47. The van der Waals surface area contributed by atoms with E-state index in [9.17, 15) is 4.79 Å². The van der Waals surface area contributed by atoms with Crippen LogP contribution in [0.5, 0.6) is 0 Å². The maximum atomic E-state index is 12.1. The zero-order valence-corrected chi connectivity index (χ0v) is 13.3. The lowest BCUT2D eigenvalue weighted by Crippen LogP contribution is -2.31. The Morgan fingerprint density at radius 2 is 2.09 bits per heavy atom. The van der Waals surface area contributed by atoms with Crippen LogP contribution in [0.15, 0.2) is 29.4 Å². The SMILES string of the molecule is COC(=O)C1(C)C2CCC3C(c4ccc(Cl)cc4)=NOC3C21. The molecular formula is C17H18ClNO3. The van der Waals surface area contributed by atoms with E-state index in [1.807, 2.05) is 31.2 Å². The number of benzene rings is 1. The van der Waals surface area contributed by atoms with Crippen molar-refractivity contribution in [2.75, 3.05) is 7.11 Å². The van der Waals surface area contributed by atoms with Crippen LogP contribution in [0.1, 0.15) is 25.3 Å². The molecule has 5 atom stereocenters. The highest BCUT2D eigenvalue weighted by Crippen LogP contribution is 2.68. The van der Waals surface area contributed by atoms with Crippen LogP contribution in [0.25, 0.3) is 0 Å². The number of hydrogen-bond acceptors (Lipinski definition) is 4. The van der Waals surface area contributed by atoms with E-state index in [4.69, 9.17) is 21.2 Å². The van der Waals surface area contributed by atoms with Crippen molar-refractivity contribution in [3.05, 3.63) is 34.9 Å². The van der Waals surface area contributed by atoms with Crippen LogP contribution in [0.3, 0.4) is 0 Å². The minimum atomic E-state index is -0.404. The maximum absolute atomic E-state index is 12.1. The van der Waals surface area contributed by atoms with Gasteiger partial charge in [-0.1, -0.05) is 28.9 Å². The minimum absolute atomic E-state index is 0.00599. The smallest absolute Gasteiger partial charge is 0.312 e. The van der Waals surface area contributed by atoms with Gasteiger partial charge in [0, 0.05) is 16.9 Å². The van der Waals surface area contributed by atoms with Crippen LogP contribution >= 0.6 is 11.6 Å². The molecule has 1 aliphatic heterocycles. The number of hydrogen-bond donors (Lipinski definition) is 0. The number of ether oxygens (including phenoxy) is 1. The lowest BCUT2D eigenvalue weighted by Gasteiger charge is -2.23. The average Bonchev–Trinajstić information content (AvgIpc) is 2.94. The molecule has 0 spiro atoms. The van der Waals surface area contributed by atoms with Crippen LogP contribution in [0.4, 0.5) is 0 Å². The quantitative estimate of drug-likeness (QED) is 0.786. The predicted molar refractivity (Wildman–Crippen MR) is 82.7 cm³/mol. The lowest BCUT2D eigenvalue weighted by atomic mass is 9.81. The molecule has 1 aromatic carbocycles. The number of halogens is 1. The molecule has 0 radical (unpaired) electrons. The molecule has 4 rings (SSSR count). The lowest BCUT2D eigenvalue weighted by molar-refractivity contribution is -0.148. The summed E-state index contributed by atoms with van der Waals surface area (Å²) in [5.41, 5.74) is 1.63. The van der Waals surface area contributed by atoms with Gasteiger partial charge in [0.1, 0.15) is 6.10 Å². The standard InChI is InChI=1S/C17H18ClNO3/c1-17(16(20)21-2)12-8-7-11-14(19-22-15(11)13(12)17)9-3-5-10(18)6-4-9/h3-6,11-13,15H,7-8H2,1-2H3. The van der Waals surface area contributed by atoms with Crippen LogP contribution in [0, 0.1) is 23.2 Å². The third kappa shape index (κ3) is 1.76. The molecule has 4 nitrogen and oxygen atoms in total. The van der Waals surface area contributed by atoms with E-state index in [1.54, 1.807) is 0 Å². The van der Waals surface area contributed by atoms with Crippen molar-refractivity contribution in [3.63, 3.8) is 0 Å². The van der Waals surface area contributed by atoms with Gasteiger partial charge in [-0.15, -0.1) is 0 Å². The maximum Gasteiger partial charge on any atom is 0.312 e. The monoisotopic (exact) mass is 319 g/mol. The van der Waals surface area contributed by atoms with Crippen molar-refractivity contribution < 1.29 is 14.4 Å². The molecule has 5 unspecified atom stereocenters. The molecule has 0 saturated heterocycles. The Hall–Kier alpha value is -1.55. The first-order valence-corrected chi connectivity index (χ1v) is 8.03. The topological polar surface area (TPSA) is 47.9 Å². The van der Waals surface area contributed by atoms with Gasteiger partial charge in [0.15, 0.2) is 0 Å². The number of rotatable bonds is 2. The van der Waals surface area contributed by atoms with Crippen molar-refractivity contribution in [1.82, 2.24) is 0 Å². The number of oxime groups is 1. The van der Waals surface area contributed by atoms with Gasteiger partial charge in [0.05, 0.1) is 18.2 Å². The summed E-state index contributed by atoms with van der Waals surface area (Å²) in [6, 6.07) is 7.69. The molecule has 1 heterocycles. The highest BCUT2D eigenvalue weighted by atomic mass is 35.5. The second kappa shape index (κ2) is 4.72. The summed E-state index contributed by atoms with van der Waals surface area (Å²) in [4.78, 5) is 17.9. The summed E-state index contributed by atoms with van der Waals surface area (Å²) < 4.78 is 5.00. The first-order valence-electron chi connectivity index (χ1n) is 7.65. The van der Waals surface area contributed by atoms with Gasteiger partial charge in [0.2, 0.25) is 0 Å². The Morgan fingerprint density at radius 1 is 1.36 bits per heavy atom. The molecule has 0 bridgehead atoms. The van der Waals surface area contributed by atoms with Crippen molar-refractivity contribution in [2.45, 2.75) is 25.9 Å². The summed E-state index contributed by atoms with van der Waals surface area (Å²) in [6.45, 7) is 2.00. The number of methoxy groups -OCH3 is 1. The van der Waals surface area contributed by atoms with Crippen molar-refractivity contribution >= 4 is 23.3 Å². The number of nitrogens with zero attached hydrogens (tertiary/aromatic N) is 1. The van der Waals surface area contributed by atoms with Gasteiger partial charge in [-0.2, -0.15) is 0 Å².